The van der Waals surface area contributed by atoms with E-state index in [2.05, 4.69) is 0 Å². The molecule has 0 radical (unpaired) electrons. The van der Waals surface area contributed by atoms with Crippen LogP contribution in [-0.2, 0) is 6.54 Å². The van der Waals surface area contributed by atoms with Gasteiger partial charge in [-0.2, -0.15) is 0 Å². The summed E-state index contributed by atoms with van der Waals surface area (Å²) in [6.45, 7) is 0.601. The van der Waals surface area contributed by atoms with E-state index in [9.17, 15) is 0 Å². The number of quaternary nitrogens is 1. The van der Waals surface area contributed by atoms with Crippen molar-refractivity contribution in [3.8, 4) is 6.19 Å². The minimum absolute atomic E-state index is 0. The van der Waals surface area contributed by atoms with Gasteiger partial charge in [-0.1, -0.05) is 0 Å². The Labute approximate surface area is 69.4 Å². The third-order valence-electron chi connectivity index (χ3n) is 0.975. The summed E-state index contributed by atoms with van der Waals surface area (Å²) < 4.78 is 4.95. The fourth-order valence-corrected chi connectivity index (χ4v) is 0.575. The molecular formula is C6H7BrN2O. The van der Waals surface area contributed by atoms with Gasteiger partial charge in [0.15, 0.2) is 5.76 Å². The van der Waals surface area contributed by atoms with Crippen molar-refractivity contribution in [2.45, 2.75) is 6.54 Å². The zero-order valence-corrected chi connectivity index (χ0v) is 6.84. The Balaban J connectivity index is 0.000000810. The topological polar surface area (TPSA) is 53.5 Å². The summed E-state index contributed by atoms with van der Waals surface area (Å²) in [4.78, 5) is 0. The molecule has 10 heavy (non-hydrogen) atoms. The minimum atomic E-state index is 0. The zero-order chi connectivity index (χ0) is 6.53. The van der Waals surface area contributed by atoms with E-state index in [0.29, 0.717) is 6.54 Å². The lowest BCUT2D eigenvalue weighted by molar-refractivity contribution is -0.589. The van der Waals surface area contributed by atoms with E-state index in [4.69, 9.17) is 9.68 Å². The van der Waals surface area contributed by atoms with Crippen LogP contribution in [0.4, 0.5) is 0 Å². The number of halogens is 1. The lowest BCUT2D eigenvalue weighted by Crippen LogP contribution is -3.00. The average Bonchev–Trinajstić information content (AvgIpc) is 2.34. The molecule has 0 fully saturated rings. The van der Waals surface area contributed by atoms with E-state index < -0.39 is 0 Å². The molecule has 1 rings (SSSR count). The van der Waals surface area contributed by atoms with E-state index >= 15 is 0 Å². The molecule has 0 unspecified atom stereocenters. The van der Waals surface area contributed by atoms with Crippen molar-refractivity contribution in [3.63, 3.8) is 0 Å². The second-order valence-electron chi connectivity index (χ2n) is 1.62. The van der Waals surface area contributed by atoms with Crippen LogP contribution in [0.1, 0.15) is 5.76 Å². The predicted octanol–water partition coefficient (Wildman–Crippen LogP) is -3.17. The minimum Gasteiger partial charge on any atom is -1.00 e. The number of nitrogens with zero attached hydrogens (tertiary/aromatic N) is 1. The molecule has 0 saturated carbocycles. The number of nitrogens with two attached hydrogens (primary N) is 1. The van der Waals surface area contributed by atoms with Gasteiger partial charge in [0.2, 0.25) is 0 Å². The molecule has 0 aromatic carbocycles. The molecule has 0 aliphatic heterocycles. The van der Waals surface area contributed by atoms with E-state index in [1.165, 1.54) is 5.32 Å². The second kappa shape index (κ2) is 5.03. The second-order valence-corrected chi connectivity index (χ2v) is 1.62. The highest BCUT2D eigenvalue weighted by Gasteiger charge is 1.94. The molecule has 1 aromatic heterocycles. The average molecular weight is 203 g/mol. The molecule has 0 bridgehead atoms. The number of rotatable bonds is 2. The summed E-state index contributed by atoms with van der Waals surface area (Å²) in [7, 11) is 0. The molecule has 0 saturated heterocycles. The standard InChI is InChI=1S/C6H6N2O.BrH/c7-5-8-4-6-2-1-3-9-6;/h1-3,8H,4H2;1H. The zero-order valence-electron chi connectivity index (χ0n) is 5.25. The maximum Gasteiger partial charge on any atom is 0.305 e. The number of furan rings is 1. The molecule has 0 amide bonds. The first-order valence-electron chi connectivity index (χ1n) is 2.67. The Morgan fingerprint density at radius 3 is 3.00 bits per heavy atom. The van der Waals surface area contributed by atoms with Crippen LogP contribution in [0.2, 0.25) is 0 Å². The Morgan fingerprint density at radius 1 is 1.70 bits per heavy atom. The van der Waals surface area contributed by atoms with E-state index in [1.807, 2.05) is 12.3 Å². The molecule has 0 aliphatic rings. The van der Waals surface area contributed by atoms with Crippen LogP contribution in [0.15, 0.2) is 22.8 Å². The van der Waals surface area contributed by atoms with Crippen molar-refractivity contribution in [3.05, 3.63) is 24.2 Å². The molecule has 3 nitrogen and oxygen atoms in total. The molecule has 0 aliphatic carbocycles. The van der Waals surface area contributed by atoms with Gasteiger partial charge in [0.05, 0.1) is 6.26 Å². The van der Waals surface area contributed by atoms with Crippen LogP contribution in [0.5, 0.6) is 0 Å². The van der Waals surface area contributed by atoms with Crippen LogP contribution in [0, 0.1) is 11.5 Å². The van der Waals surface area contributed by atoms with Gasteiger partial charge in [-0.3, -0.25) is 0 Å². The quantitative estimate of drug-likeness (QED) is 0.515. The Hall–Kier alpha value is -0.790. The third kappa shape index (κ3) is 2.67. The monoisotopic (exact) mass is 202 g/mol. The summed E-state index contributed by atoms with van der Waals surface area (Å²) >= 11 is 0. The molecular weight excluding hydrogens is 196 g/mol. The molecule has 0 spiro atoms. The van der Waals surface area contributed by atoms with E-state index in [-0.39, 0.29) is 17.0 Å². The van der Waals surface area contributed by atoms with Gasteiger partial charge < -0.3 is 21.4 Å². The Bertz CT molecular complexity index is 202. The summed E-state index contributed by atoms with van der Waals surface area (Å²) in [5.74, 6) is 0.830. The largest absolute Gasteiger partial charge is 1.00 e. The summed E-state index contributed by atoms with van der Waals surface area (Å²) in [5.41, 5.74) is 0. The highest BCUT2D eigenvalue weighted by atomic mass is 79.9. The lowest BCUT2D eigenvalue weighted by Gasteiger charge is -1.83. The fraction of sp³-hybridized carbons (Fsp3) is 0.167. The molecule has 4 heteroatoms. The highest BCUT2D eigenvalue weighted by molar-refractivity contribution is 4.95. The Kier molecular flexibility index (Phi) is 4.63. The van der Waals surface area contributed by atoms with Crippen LogP contribution >= 0.6 is 0 Å². The van der Waals surface area contributed by atoms with Crippen LogP contribution in [-0.4, -0.2) is 0 Å². The maximum absolute atomic E-state index is 8.12. The lowest BCUT2D eigenvalue weighted by atomic mass is 10.4. The smallest absolute Gasteiger partial charge is 0.305 e. The first kappa shape index (κ1) is 9.21. The fourth-order valence-electron chi connectivity index (χ4n) is 0.575. The number of nitriles is 1. The van der Waals surface area contributed by atoms with Crippen LogP contribution in [0.3, 0.4) is 0 Å². The normalized spacial score (nSPS) is 7.90. The maximum atomic E-state index is 8.12. The molecule has 54 valence electrons. The van der Waals surface area contributed by atoms with Gasteiger partial charge in [-0.05, 0) is 12.1 Å². The van der Waals surface area contributed by atoms with Crippen LogP contribution in [0.25, 0.3) is 0 Å². The SMILES string of the molecule is N#C[NH2+]Cc1ccco1.[Br-]. The summed E-state index contributed by atoms with van der Waals surface area (Å²) in [5, 5.41) is 9.62. The van der Waals surface area contributed by atoms with Gasteiger partial charge in [-0.15, -0.1) is 5.26 Å². The van der Waals surface area contributed by atoms with Crippen molar-refractivity contribution in [1.82, 2.24) is 0 Å². The Morgan fingerprint density at radius 2 is 2.50 bits per heavy atom. The van der Waals surface area contributed by atoms with Gasteiger partial charge in [0.1, 0.15) is 6.54 Å². The molecule has 1 aromatic rings. The van der Waals surface area contributed by atoms with Gasteiger partial charge >= 0.3 is 6.19 Å². The molecule has 1 heterocycles. The highest BCUT2D eigenvalue weighted by Crippen LogP contribution is 1.95. The number of hydrogen-bond donors (Lipinski definition) is 1. The first-order chi connectivity index (χ1) is 4.43. The van der Waals surface area contributed by atoms with Crippen LogP contribution < -0.4 is 22.3 Å². The van der Waals surface area contributed by atoms with Crippen molar-refractivity contribution in [2.75, 3.05) is 0 Å². The van der Waals surface area contributed by atoms with Gasteiger partial charge in [-0.25, -0.2) is 5.32 Å². The number of hydrogen-bond acceptors (Lipinski definition) is 2. The third-order valence-corrected chi connectivity index (χ3v) is 0.975. The van der Waals surface area contributed by atoms with Crippen molar-refractivity contribution in [2.24, 2.45) is 0 Å². The predicted molar refractivity (Wildman–Crippen MR) is 30.0 cm³/mol. The van der Waals surface area contributed by atoms with E-state index in [0.717, 1.165) is 5.76 Å². The van der Waals surface area contributed by atoms with Crippen molar-refractivity contribution in [1.29, 1.82) is 5.26 Å². The van der Waals surface area contributed by atoms with Crippen molar-refractivity contribution >= 4 is 0 Å². The molecule has 0 atom stereocenters. The summed E-state index contributed by atoms with van der Waals surface area (Å²) in [6.07, 6.45) is 3.52. The summed E-state index contributed by atoms with van der Waals surface area (Å²) in [6, 6.07) is 3.65. The first-order valence-corrected chi connectivity index (χ1v) is 2.67. The van der Waals surface area contributed by atoms with Crippen molar-refractivity contribution < 1.29 is 26.7 Å². The van der Waals surface area contributed by atoms with Gasteiger partial charge in [0, 0.05) is 0 Å². The van der Waals surface area contributed by atoms with E-state index in [1.54, 1.807) is 12.3 Å². The van der Waals surface area contributed by atoms with Gasteiger partial charge in [0.25, 0.3) is 0 Å². The molecule has 2 N–H and O–H groups in total.